The molecule has 0 unspecified atom stereocenters. The third-order valence-corrected chi connectivity index (χ3v) is 4.96. The monoisotopic (exact) mass is 488 g/mol. The Hall–Kier alpha value is -2.95. The van der Waals surface area contributed by atoms with Crippen LogP contribution in [0, 0.1) is 0 Å². The van der Waals surface area contributed by atoms with Crippen molar-refractivity contribution in [3.05, 3.63) is 53.9 Å². The van der Waals surface area contributed by atoms with E-state index >= 15 is 0 Å². The number of nitrogens with one attached hydrogen (secondary N) is 1. The zero-order valence-corrected chi connectivity index (χ0v) is 19.3. The van der Waals surface area contributed by atoms with Gasteiger partial charge in [-0.1, -0.05) is 31.2 Å². The van der Waals surface area contributed by atoms with Gasteiger partial charge in [0.1, 0.15) is 6.61 Å². The number of anilines is 1. The third-order valence-electron chi connectivity index (χ3n) is 4.96. The van der Waals surface area contributed by atoms with Crippen molar-refractivity contribution in [1.82, 2.24) is 9.80 Å². The number of nitrogens with zero attached hydrogens (tertiary/aromatic N) is 3. The molecule has 1 aromatic carbocycles. The lowest BCUT2D eigenvalue weighted by Gasteiger charge is -2.37. The zero-order chi connectivity index (χ0) is 25.4. The van der Waals surface area contributed by atoms with E-state index in [1.165, 1.54) is 17.0 Å². The first kappa shape index (κ1) is 27.3. The van der Waals surface area contributed by atoms with Crippen LogP contribution in [0.5, 0.6) is 0 Å². The van der Waals surface area contributed by atoms with Gasteiger partial charge in [0.15, 0.2) is 5.84 Å². The molecule has 0 saturated carbocycles. The number of benzene rings is 1. The lowest BCUT2D eigenvalue weighted by Crippen LogP contribution is -2.52. The van der Waals surface area contributed by atoms with Crippen molar-refractivity contribution in [3.63, 3.8) is 0 Å². The highest BCUT2D eigenvalue weighted by Crippen LogP contribution is 2.28. The summed E-state index contributed by atoms with van der Waals surface area (Å²) in [5.41, 5.74) is 1.15. The van der Waals surface area contributed by atoms with Crippen LogP contribution in [0.25, 0.3) is 0 Å². The maximum atomic E-state index is 13.5. The number of halogens is 5. The van der Waals surface area contributed by atoms with E-state index in [0.717, 1.165) is 6.92 Å². The van der Waals surface area contributed by atoms with Gasteiger partial charge in [0.25, 0.3) is 5.92 Å². The van der Waals surface area contributed by atoms with E-state index in [1.807, 2.05) is 17.9 Å². The zero-order valence-electron chi connectivity index (χ0n) is 19.3. The molecule has 1 aliphatic heterocycles. The molecule has 0 aliphatic carbocycles. The summed E-state index contributed by atoms with van der Waals surface area (Å²) < 4.78 is 67.3. The number of ether oxygens (including phenoxy) is 1. The van der Waals surface area contributed by atoms with Crippen molar-refractivity contribution >= 4 is 17.4 Å². The number of piperazine rings is 1. The van der Waals surface area contributed by atoms with Crippen molar-refractivity contribution < 1.29 is 31.5 Å². The highest BCUT2D eigenvalue weighted by atomic mass is 19.4. The Kier molecular flexibility index (Phi) is 9.60. The average molecular weight is 489 g/mol. The maximum Gasteiger partial charge on any atom is 0.523 e. The summed E-state index contributed by atoms with van der Waals surface area (Å²) in [7, 11) is 0. The Balaban J connectivity index is 2.14. The predicted octanol–water partition coefficient (Wildman–Crippen LogP) is 5.12. The van der Waals surface area contributed by atoms with Gasteiger partial charge in [-0.2, -0.15) is 0 Å². The van der Waals surface area contributed by atoms with Crippen molar-refractivity contribution in [3.8, 4) is 0 Å². The van der Waals surface area contributed by atoms with E-state index in [-0.39, 0.29) is 18.7 Å². The van der Waals surface area contributed by atoms with Gasteiger partial charge in [-0.25, -0.2) is 13.8 Å². The van der Waals surface area contributed by atoms with E-state index in [4.69, 9.17) is 0 Å². The Bertz CT molecular complexity index is 897. The number of alkyl halides is 5. The highest BCUT2D eigenvalue weighted by molar-refractivity contribution is 6.01. The standard InChI is InChI=1S/C23H29F5N4O2/c1-4-6-19(30-18-9-7-17(8-10-18)22(3,24)25)21(29-11-5-2)32-14-12-31(13-15-32)20(33)16-34-23(26,27)28/h5-11,30H,4,12-16H2,1-3H3/b11-5-,19-6-,29-21+. The minimum absolute atomic E-state index is 0.0998. The Morgan fingerprint density at radius 3 is 2.18 bits per heavy atom. The quantitative estimate of drug-likeness (QED) is 0.314. The molecule has 0 bridgehead atoms. The van der Waals surface area contributed by atoms with E-state index in [2.05, 4.69) is 15.0 Å². The predicted molar refractivity (Wildman–Crippen MR) is 120 cm³/mol. The lowest BCUT2D eigenvalue weighted by molar-refractivity contribution is -0.321. The summed E-state index contributed by atoms with van der Waals surface area (Å²) in [4.78, 5) is 19.8. The van der Waals surface area contributed by atoms with Crippen molar-refractivity contribution in [2.75, 3.05) is 38.1 Å². The van der Waals surface area contributed by atoms with Crippen LogP contribution < -0.4 is 5.32 Å². The highest BCUT2D eigenvalue weighted by Gasteiger charge is 2.32. The molecule has 1 fully saturated rings. The summed E-state index contributed by atoms with van der Waals surface area (Å²) in [6.07, 6.45) is 1.06. The number of carbonyl (C=O) groups is 1. The minimum Gasteiger partial charge on any atom is -0.353 e. The second kappa shape index (κ2) is 12.0. The SMILES string of the molecule is C\C=C/N=C(\C(=C\CC)Nc1ccc(C(C)(F)F)cc1)N1CCN(C(=O)COC(F)(F)F)CC1. The number of amides is 1. The first-order valence-corrected chi connectivity index (χ1v) is 10.8. The minimum atomic E-state index is -4.86. The third kappa shape index (κ3) is 8.44. The second-order valence-corrected chi connectivity index (χ2v) is 7.65. The molecule has 34 heavy (non-hydrogen) atoms. The number of hydrogen-bond acceptors (Lipinski definition) is 4. The average Bonchev–Trinajstić information content (AvgIpc) is 2.77. The smallest absolute Gasteiger partial charge is 0.353 e. The number of amidine groups is 1. The van der Waals surface area contributed by atoms with Gasteiger partial charge in [0, 0.05) is 50.6 Å². The maximum absolute atomic E-state index is 13.5. The van der Waals surface area contributed by atoms with E-state index in [0.29, 0.717) is 36.7 Å². The molecule has 1 aliphatic rings. The van der Waals surface area contributed by atoms with Gasteiger partial charge >= 0.3 is 6.36 Å². The second-order valence-electron chi connectivity index (χ2n) is 7.65. The number of allylic oxidation sites excluding steroid dienone is 2. The summed E-state index contributed by atoms with van der Waals surface area (Å²) in [5, 5.41) is 3.22. The van der Waals surface area contributed by atoms with Gasteiger partial charge in [0.2, 0.25) is 5.91 Å². The van der Waals surface area contributed by atoms with Crippen LogP contribution in [0.1, 0.15) is 32.8 Å². The number of aliphatic imine (C=N–C) groups is 1. The van der Waals surface area contributed by atoms with Gasteiger partial charge < -0.3 is 15.1 Å². The fourth-order valence-electron chi connectivity index (χ4n) is 3.27. The van der Waals surface area contributed by atoms with Crippen LogP contribution >= 0.6 is 0 Å². The molecule has 188 valence electrons. The van der Waals surface area contributed by atoms with Crippen LogP contribution in [0.3, 0.4) is 0 Å². The molecule has 2 rings (SSSR count). The first-order chi connectivity index (χ1) is 15.9. The lowest BCUT2D eigenvalue weighted by atomic mass is 10.1. The molecule has 6 nitrogen and oxygen atoms in total. The van der Waals surface area contributed by atoms with Crippen LogP contribution in [0.4, 0.5) is 27.6 Å². The molecule has 1 N–H and O–H groups in total. The normalized spacial score (nSPS) is 16.4. The molecule has 0 spiro atoms. The number of rotatable bonds is 8. The number of hydrogen-bond donors (Lipinski definition) is 1. The van der Waals surface area contributed by atoms with Crippen LogP contribution in [0.2, 0.25) is 0 Å². The van der Waals surface area contributed by atoms with Crippen molar-refractivity contribution in [1.29, 1.82) is 0 Å². The van der Waals surface area contributed by atoms with Crippen LogP contribution in [-0.2, 0) is 15.5 Å². The Morgan fingerprint density at radius 2 is 1.68 bits per heavy atom. The van der Waals surface area contributed by atoms with Crippen LogP contribution in [0.15, 0.2) is 53.3 Å². The van der Waals surface area contributed by atoms with Gasteiger partial charge in [0.05, 0.1) is 5.70 Å². The summed E-state index contributed by atoms with van der Waals surface area (Å²) in [6, 6.07) is 5.81. The molecule has 1 heterocycles. The van der Waals surface area contributed by atoms with E-state index in [1.54, 1.807) is 31.3 Å². The summed E-state index contributed by atoms with van der Waals surface area (Å²) >= 11 is 0. The largest absolute Gasteiger partial charge is 0.523 e. The molecule has 1 amide bonds. The van der Waals surface area contributed by atoms with Gasteiger partial charge in [-0.15, -0.1) is 13.2 Å². The first-order valence-electron chi connectivity index (χ1n) is 10.8. The Morgan fingerprint density at radius 1 is 1.09 bits per heavy atom. The van der Waals surface area contributed by atoms with Crippen molar-refractivity contribution in [2.24, 2.45) is 4.99 Å². The fraction of sp³-hybridized carbons (Fsp3) is 0.478. The van der Waals surface area contributed by atoms with E-state index in [9.17, 15) is 26.7 Å². The van der Waals surface area contributed by atoms with Crippen LogP contribution in [-0.4, -0.2) is 60.7 Å². The summed E-state index contributed by atoms with van der Waals surface area (Å²) in [6.45, 7) is 4.61. The fourth-order valence-corrected chi connectivity index (χ4v) is 3.27. The molecule has 1 saturated heterocycles. The number of carbonyl (C=O) groups excluding carboxylic acids is 1. The summed E-state index contributed by atoms with van der Waals surface area (Å²) in [5.74, 6) is -3.11. The van der Waals surface area contributed by atoms with Gasteiger partial charge in [-0.05, 0) is 25.5 Å². The molecular weight excluding hydrogens is 459 g/mol. The molecular formula is C23H29F5N4O2. The molecule has 0 atom stereocenters. The topological polar surface area (TPSA) is 57.2 Å². The molecule has 1 aromatic rings. The van der Waals surface area contributed by atoms with Crippen molar-refractivity contribution in [2.45, 2.75) is 39.5 Å². The molecule has 0 aromatic heterocycles. The molecule has 0 radical (unpaired) electrons. The Labute approximate surface area is 195 Å². The van der Waals surface area contributed by atoms with E-state index < -0.39 is 24.8 Å². The van der Waals surface area contributed by atoms with Gasteiger partial charge in [-0.3, -0.25) is 9.53 Å². The molecule has 11 heteroatoms.